The van der Waals surface area contributed by atoms with Crippen LogP contribution in [0, 0.1) is 12.7 Å². The number of aliphatic hydroxyl groups excluding tert-OH is 1. The van der Waals surface area contributed by atoms with E-state index in [1.807, 2.05) is 26.0 Å². The van der Waals surface area contributed by atoms with Crippen LogP contribution in [0.1, 0.15) is 67.9 Å². The number of rotatable bonds is 13. The second-order valence-corrected chi connectivity index (χ2v) is 9.98. The van der Waals surface area contributed by atoms with Gasteiger partial charge in [0.25, 0.3) is 0 Å². The molecule has 3 rings (SSSR count). The van der Waals surface area contributed by atoms with Gasteiger partial charge in [0.1, 0.15) is 5.82 Å². The Bertz CT molecular complexity index is 1000. The molecule has 1 aliphatic rings. The number of esters is 1. The summed E-state index contributed by atoms with van der Waals surface area (Å²) in [5.41, 5.74) is 3.48. The van der Waals surface area contributed by atoms with Gasteiger partial charge in [-0.1, -0.05) is 42.8 Å². The van der Waals surface area contributed by atoms with Gasteiger partial charge in [0.15, 0.2) is 0 Å². The number of likely N-dealkylation sites (tertiary alicyclic amines) is 1. The van der Waals surface area contributed by atoms with Crippen LogP contribution in [0.3, 0.4) is 0 Å². The number of hydrogen-bond donors (Lipinski definition) is 1. The first-order valence-electron chi connectivity index (χ1n) is 13.0. The van der Waals surface area contributed by atoms with Gasteiger partial charge in [-0.25, -0.2) is 4.39 Å². The third kappa shape index (κ3) is 8.01. The quantitative estimate of drug-likeness (QED) is 0.338. The van der Waals surface area contributed by atoms with E-state index >= 15 is 0 Å². The summed E-state index contributed by atoms with van der Waals surface area (Å²) in [7, 11) is 0. The first-order valence-corrected chi connectivity index (χ1v) is 13.4. The van der Waals surface area contributed by atoms with Gasteiger partial charge in [0.05, 0.1) is 25.4 Å². The number of ether oxygens (including phenoxy) is 2. The summed E-state index contributed by atoms with van der Waals surface area (Å²) in [6, 6.07) is 11.5. The molecule has 5 nitrogen and oxygen atoms in total. The van der Waals surface area contributed by atoms with Gasteiger partial charge < -0.3 is 14.6 Å². The fourth-order valence-electron chi connectivity index (χ4n) is 4.98. The predicted octanol–water partition coefficient (Wildman–Crippen LogP) is 5.82. The number of β-amino-alcohol motifs (C(OH)–C–C–N with tert-alkyl or cyclic N) is 1. The van der Waals surface area contributed by atoms with E-state index < -0.39 is 6.10 Å². The number of benzene rings is 2. The number of carbonyl (C=O) groups excluding carboxylic acids is 1. The molecule has 0 saturated carbocycles. The molecule has 1 unspecified atom stereocenters. The average Bonchev–Trinajstić information content (AvgIpc) is 3.27. The molecule has 3 atom stereocenters. The zero-order chi connectivity index (χ0) is 26.1. The van der Waals surface area contributed by atoms with Crippen molar-refractivity contribution in [2.75, 3.05) is 26.3 Å². The lowest BCUT2D eigenvalue weighted by molar-refractivity contribution is -0.143. The van der Waals surface area contributed by atoms with Gasteiger partial charge in [-0.2, -0.15) is 0 Å². The molecule has 1 heterocycles. The Morgan fingerprint density at radius 2 is 2.08 bits per heavy atom. The predicted molar refractivity (Wildman–Crippen MR) is 141 cm³/mol. The molecule has 1 fully saturated rings. The van der Waals surface area contributed by atoms with E-state index in [9.17, 15) is 14.3 Å². The van der Waals surface area contributed by atoms with Crippen molar-refractivity contribution < 1.29 is 23.8 Å². The Morgan fingerprint density at radius 1 is 1.28 bits per heavy atom. The lowest BCUT2D eigenvalue weighted by Crippen LogP contribution is -2.39. The molecule has 2 aromatic carbocycles. The number of hydrogen-bond acceptors (Lipinski definition) is 5. The van der Waals surface area contributed by atoms with Crippen molar-refractivity contribution in [3.63, 3.8) is 0 Å². The van der Waals surface area contributed by atoms with Crippen molar-refractivity contribution in [3.8, 4) is 0 Å². The van der Waals surface area contributed by atoms with Crippen molar-refractivity contribution in [1.29, 1.82) is 0 Å². The lowest BCUT2D eigenvalue weighted by atomic mass is 9.96. The van der Waals surface area contributed by atoms with Crippen molar-refractivity contribution >= 4 is 17.6 Å². The zero-order valence-electron chi connectivity index (χ0n) is 21.6. The maximum atomic E-state index is 14.6. The summed E-state index contributed by atoms with van der Waals surface area (Å²) < 4.78 is 25.7. The lowest BCUT2D eigenvalue weighted by Gasteiger charge is -2.28. The van der Waals surface area contributed by atoms with Gasteiger partial charge in [-0.3, -0.25) is 9.69 Å². The fraction of sp³-hybridized carbons (Fsp3) is 0.552. The summed E-state index contributed by atoms with van der Waals surface area (Å²) in [5, 5.41) is 11.6. The third-order valence-electron chi connectivity index (χ3n) is 6.90. The minimum Gasteiger partial charge on any atom is -0.466 e. The number of nitrogens with zero attached hydrogens (tertiary/aromatic N) is 1. The summed E-state index contributed by atoms with van der Waals surface area (Å²) in [6.45, 7) is 7.66. The summed E-state index contributed by atoms with van der Waals surface area (Å²) in [4.78, 5) is 14.1. The summed E-state index contributed by atoms with van der Waals surface area (Å²) >= 11 is 6.31. The van der Waals surface area contributed by atoms with Gasteiger partial charge in [-0.05, 0) is 86.9 Å². The highest BCUT2D eigenvalue weighted by Crippen LogP contribution is 2.29. The van der Waals surface area contributed by atoms with Crippen molar-refractivity contribution in [2.45, 2.75) is 77.5 Å². The van der Waals surface area contributed by atoms with Crippen LogP contribution < -0.4 is 0 Å². The number of aryl methyl sites for hydroxylation is 1. The molecule has 0 radical (unpaired) electrons. The SMILES string of the molecule is CCOC(=O)CCc1c(F)cccc1[C@@H](CC)OCC(O)CN1CCC[C@H]1Cc1ccc(C)c(Cl)c1. The van der Waals surface area contributed by atoms with Crippen LogP contribution in [0.25, 0.3) is 0 Å². The Labute approximate surface area is 219 Å². The van der Waals surface area contributed by atoms with E-state index in [1.165, 1.54) is 11.6 Å². The van der Waals surface area contributed by atoms with E-state index in [0.29, 0.717) is 31.2 Å². The smallest absolute Gasteiger partial charge is 0.306 e. The summed E-state index contributed by atoms with van der Waals surface area (Å²) in [5.74, 6) is -0.695. The normalized spacial score (nSPS) is 17.8. The third-order valence-corrected chi connectivity index (χ3v) is 7.31. The Morgan fingerprint density at radius 3 is 2.81 bits per heavy atom. The van der Waals surface area contributed by atoms with Crippen LogP contribution >= 0.6 is 11.6 Å². The molecule has 198 valence electrons. The topological polar surface area (TPSA) is 59.0 Å². The number of halogens is 2. The molecule has 0 aromatic heterocycles. The molecule has 0 aliphatic carbocycles. The highest BCUT2D eigenvalue weighted by molar-refractivity contribution is 6.31. The maximum absolute atomic E-state index is 14.6. The van der Waals surface area contributed by atoms with E-state index in [0.717, 1.165) is 42.0 Å². The highest BCUT2D eigenvalue weighted by Gasteiger charge is 2.27. The molecular weight excluding hydrogens is 481 g/mol. The van der Waals surface area contributed by atoms with E-state index in [4.69, 9.17) is 21.1 Å². The average molecular weight is 520 g/mol. The first kappa shape index (κ1) is 28.6. The van der Waals surface area contributed by atoms with Gasteiger partial charge in [-0.15, -0.1) is 0 Å². The molecule has 0 amide bonds. The second-order valence-electron chi connectivity index (χ2n) is 9.58. The molecule has 0 spiro atoms. The first-order chi connectivity index (χ1) is 17.3. The van der Waals surface area contributed by atoms with Crippen molar-refractivity contribution in [3.05, 3.63) is 69.5 Å². The number of carbonyl (C=O) groups is 1. The molecule has 2 aromatic rings. The summed E-state index contributed by atoms with van der Waals surface area (Å²) in [6.07, 6.45) is 3.06. The molecule has 7 heteroatoms. The molecule has 1 aliphatic heterocycles. The molecule has 1 N–H and O–H groups in total. The van der Waals surface area contributed by atoms with Crippen LogP contribution in [0.15, 0.2) is 36.4 Å². The minimum atomic E-state index is -0.655. The molecular formula is C29H39ClFNO4. The standard InChI is InChI=1S/C29H39ClFNO4/c1-4-28(25-9-6-10-27(31)24(25)13-14-29(34)35-5-2)36-19-23(33)18-32-15-7-8-22(32)16-21-12-11-20(3)26(30)17-21/h6,9-12,17,22-23,28,33H,4-5,7-8,13-16,18-19H2,1-3H3/t22-,23?,28+/m0/s1. The van der Waals surface area contributed by atoms with Crippen molar-refractivity contribution in [2.24, 2.45) is 0 Å². The minimum absolute atomic E-state index is 0.114. The largest absolute Gasteiger partial charge is 0.466 e. The zero-order valence-corrected chi connectivity index (χ0v) is 22.4. The second kappa shape index (κ2) is 14.1. The molecule has 0 bridgehead atoms. The Hall–Kier alpha value is -1.99. The molecule has 36 heavy (non-hydrogen) atoms. The van der Waals surface area contributed by atoms with E-state index in [-0.39, 0.29) is 37.3 Å². The Balaban J connectivity index is 1.57. The van der Waals surface area contributed by atoms with Crippen LogP contribution in [-0.4, -0.2) is 54.4 Å². The molecule has 1 saturated heterocycles. The monoisotopic (exact) mass is 519 g/mol. The Kier molecular flexibility index (Phi) is 11.2. The van der Waals surface area contributed by atoms with Gasteiger partial charge >= 0.3 is 5.97 Å². The van der Waals surface area contributed by atoms with Gasteiger partial charge in [0, 0.05) is 24.0 Å². The highest BCUT2D eigenvalue weighted by atomic mass is 35.5. The fourth-order valence-corrected chi connectivity index (χ4v) is 5.18. The number of aliphatic hydroxyl groups is 1. The van der Waals surface area contributed by atoms with Gasteiger partial charge in [0.2, 0.25) is 0 Å². The van der Waals surface area contributed by atoms with E-state index in [1.54, 1.807) is 13.0 Å². The maximum Gasteiger partial charge on any atom is 0.306 e. The van der Waals surface area contributed by atoms with Crippen LogP contribution in [0.5, 0.6) is 0 Å². The van der Waals surface area contributed by atoms with Crippen LogP contribution in [-0.2, 0) is 27.1 Å². The van der Waals surface area contributed by atoms with Crippen LogP contribution in [0.4, 0.5) is 4.39 Å². The van der Waals surface area contributed by atoms with E-state index in [2.05, 4.69) is 17.0 Å². The van der Waals surface area contributed by atoms with Crippen LogP contribution in [0.2, 0.25) is 5.02 Å². The van der Waals surface area contributed by atoms with Crippen molar-refractivity contribution in [1.82, 2.24) is 4.90 Å².